The second-order valence-corrected chi connectivity index (χ2v) is 7.65. The molecule has 1 unspecified atom stereocenters. The molecule has 1 heterocycles. The minimum absolute atomic E-state index is 0.0591. The van der Waals surface area contributed by atoms with E-state index in [0.29, 0.717) is 11.3 Å². The predicted octanol–water partition coefficient (Wildman–Crippen LogP) is 2.02. The molecule has 1 fully saturated rings. The number of hydrogen-bond acceptors (Lipinski definition) is 3. The van der Waals surface area contributed by atoms with E-state index in [1.165, 1.54) is 4.31 Å². The molecule has 0 saturated carbocycles. The van der Waals surface area contributed by atoms with Crippen molar-refractivity contribution in [1.82, 2.24) is 4.31 Å². The summed E-state index contributed by atoms with van der Waals surface area (Å²) >= 11 is 0. The Labute approximate surface area is 125 Å². The van der Waals surface area contributed by atoms with Crippen LogP contribution in [-0.4, -0.2) is 36.9 Å². The maximum Gasteiger partial charge on any atom is 0.307 e. The maximum atomic E-state index is 12.9. The van der Waals surface area contributed by atoms with E-state index in [9.17, 15) is 13.2 Å². The number of benzene rings is 1. The lowest BCUT2D eigenvalue weighted by molar-refractivity contribution is -0.141. The van der Waals surface area contributed by atoms with Crippen molar-refractivity contribution in [2.45, 2.75) is 39.0 Å². The molecule has 0 aromatic heterocycles. The third-order valence-corrected chi connectivity index (χ3v) is 6.54. The van der Waals surface area contributed by atoms with Crippen LogP contribution in [0.25, 0.3) is 0 Å². The Morgan fingerprint density at radius 3 is 2.14 bits per heavy atom. The molecule has 1 aliphatic rings. The molecule has 1 aromatic carbocycles. The molecule has 5 nitrogen and oxygen atoms in total. The monoisotopic (exact) mass is 311 g/mol. The molecule has 1 aliphatic heterocycles. The van der Waals surface area contributed by atoms with E-state index in [4.69, 9.17) is 5.11 Å². The van der Waals surface area contributed by atoms with Gasteiger partial charge in [-0.1, -0.05) is 6.07 Å². The van der Waals surface area contributed by atoms with Crippen LogP contribution in [0, 0.1) is 33.6 Å². The highest BCUT2D eigenvalue weighted by atomic mass is 32.2. The van der Waals surface area contributed by atoms with E-state index in [1.807, 2.05) is 19.9 Å². The van der Waals surface area contributed by atoms with E-state index in [0.717, 1.165) is 22.3 Å². The zero-order valence-electron chi connectivity index (χ0n) is 12.8. The number of rotatable bonds is 3. The van der Waals surface area contributed by atoms with Crippen molar-refractivity contribution in [3.63, 3.8) is 0 Å². The number of carboxylic acids is 1. The van der Waals surface area contributed by atoms with Crippen molar-refractivity contribution in [2.24, 2.45) is 5.92 Å². The lowest BCUT2D eigenvalue weighted by atomic mass is 10.0. The minimum Gasteiger partial charge on any atom is -0.481 e. The molecule has 6 heteroatoms. The summed E-state index contributed by atoms with van der Waals surface area (Å²) in [6.07, 6.45) is 0.372. The summed E-state index contributed by atoms with van der Waals surface area (Å²) in [7, 11) is -3.64. The Bertz CT molecular complexity index is 668. The van der Waals surface area contributed by atoms with Crippen molar-refractivity contribution < 1.29 is 18.3 Å². The maximum absolute atomic E-state index is 12.9. The van der Waals surface area contributed by atoms with Gasteiger partial charge < -0.3 is 5.11 Å². The molecule has 21 heavy (non-hydrogen) atoms. The summed E-state index contributed by atoms with van der Waals surface area (Å²) in [5.74, 6) is -1.53. The first-order chi connectivity index (χ1) is 9.66. The van der Waals surface area contributed by atoms with E-state index >= 15 is 0 Å². The van der Waals surface area contributed by atoms with Crippen molar-refractivity contribution in [1.29, 1.82) is 0 Å². The topological polar surface area (TPSA) is 74.7 Å². The van der Waals surface area contributed by atoms with Gasteiger partial charge in [0.05, 0.1) is 10.8 Å². The summed E-state index contributed by atoms with van der Waals surface area (Å²) in [5, 5.41) is 9.04. The van der Waals surface area contributed by atoms with Crippen LogP contribution in [0.15, 0.2) is 11.0 Å². The van der Waals surface area contributed by atoms with Crippen LogP contribution in [0.1, 0.15) is 28.7 Å². The highest BCUT2D eigenvalue weighted by molar-refractivity contribution is 7.89. The first-order valence-corrected chi connectivity index (χ1v) is 8.40. The molecule has 2 rings (SSSR count). The van der Waals surface area contributed by atoms with Crippen LogP contribution in [0.3, 0.4) is 0 Å². The van der Waals surface area contributed by atoms with Gasteiger partial charge >= 0.3 is 5.97 Å². The lowest BCUT2D eigenvalue weighted by Gasteiger charge is -2.21. The van der Waals surface area contributed by atoms with E-state index in [1.54, 1.807) is 13.8 Å². The van der Waals surface area contributed by atoms with Crippen LogP contribution in [0.4, 0.5) is 0 Å². The summed E-state index contributed by atoms with van der Waals surface area (Å²) < 4.78 is 27.1. The lowest BCUT2D eigenvalue weighted by Crippen LogP contribution is -2.31. The molecule has 0 spiro atoms. The molecule has 1 saturated heterocycles. The van der Waals surface area contributed by atoms with Crippen molar-refractivity contribution in [3.8, 4) is 0 Å². The molecule has 1 atom stereocenters. The van der Waals surface area contributed by atoms with Crippen molar-refractivity contribution >= 4 is 16.0 Å². The molecule has 1 aromatic rings. The third kappa shape index (κ3) is 2.70. The molecule has 116 valence electrons. The third-order valence-electron chi connectivity index (χ3n) is 4.40. The molecular weight excluding hydrogens is 290 g/mol. The Kier molecular flexibility index (Phi) is 4.13. The zero-order chi connectivity index (χ0) is 15.9. The molecule has 0 aliphatic carbocycles. The number of aliphatic carboxylic acids is 1. The summed E-state index contributed by atoms with van der Waals surface area (Å²) in [5.41, 5.74) is 3.37. The Morgan fingerprint density at radius 2 is 1.71 bits per heavy atom. The number of sulfonamides is 1. The predicted molar refractivity (Wildman–Crippen MR) is 79.9 cm³/mol. The summed E-state index contributed by atoms with van der Waals surface area (Å²) in [6.45, 7) is 7.73. The Hall–Kier alpha value is -1.40. The van der Waals surface area contributed by atoms with Crippen LogP contribution in [0.5, 0.6) is 0 Å². The number of carbonyl (C=O) groups is 1. The second-order valence-electron chi connectivity index (χ2n) is 5.78. The van der Waals surface area contributed by atoms with Gasteiger partial charge in [-0.3, -0.25) is 4.79 Å². The number of hydrogen-bond donors (Lipinski definition) is 1. The van der Waals surface area contributed by atoms with Gasteiger partial charge in [0.15, 0.2) is 0 Å². The summed E-state index contributed by atoms with van der Waals surface area (Å²) in [6, 6.07) is 1.98. The fourth-order valence-electron chi connectivity index (χ4n) is 2.84. The highest BCUT2D eigenvalue weighted by Crippen LogP contribution is 2.31. The molecule has 0 amide bonds. The fraction of sp³-hybridized carbons (Fsp3) is 0.533. The Morgan fingerprint density at radius 1 is 1.19 bits per heavy atom. The summed E-state index contributed by atoms with van der Waals surface area (Å²) in [4.78, 5) is 11.4. The van der Waals surface area contributed by atoms with Gasteiger partial charge in [-0.25, -0.2) is 8.42 Å². The first-order valence-electron chi connectivity index (χ1n) is 6.96. The largest absolute Gasteiger partial charge is 0.481 e. The highest BCUT2D eigenvalue weighted by Gasteiger charge is 2.37. The van der Waals surface area contributed by atoms with E-state index < -0.39 is 21.9 Å². The van der Waals surface area contributed by atoms with Crippen LogP contribution in [0.2, 0.25) is 0 Å². The van der Waals surface area contributed by atoms with Gasteiger partial charge in [0.1, 0.15) is 0 Å². The van der Waals surface area contributed by atoms with Crippen LogP contribution < -0.4 is 0 Å². The fourth-order valence-corrected chi connectivity index (χ4v) is 4.92. The smallest absolute Gasteiger partial charge is 0.307 e. The molecule has 1 N–H and O–H groups in total. The Balaban J connectivity index is 2.49. The average molecular weight is 311 g/mol. The van der Waals surface area contributed by atoms with Crippen molar-refractivity contribution in [2.75, 3.05) is 13.1 Å². The normalized spacial score (nSPS) is 19.9. The van der Waals surface area contributed by atoms with Gasteiger partial charge in [0, 0.05) is 13.1 Å². The number of aryl methyl sites for hydroxylation is 2. The molecule has 0 radical (unpaired) electrons. The van der Waals surface area contributed by atoms with Crippen LogP contribution in [-0.2, 0) is 14.8 Å². The number of nitrogens with zero attached hydrogens (tertiary/aromatic N) is 1. The standard InChI is InChI=1S/C15H21NO4S/c1-9-7-10(2)12(4)14(11(9)3)21(19,20)16-6-5-13(8-16)15(17)18/h7,13H,5-6,8H2,1-4H3,(H,17,18). The van der Waals surface area contributed by atoms with Gasteiger partial charge in [-0.2, -0.15) is 4.31 Å². The SMILES string of the molecule is Cc1cc(C)c(C)c(S(=O)(=O)N2CCC(C(=O)O)C2)c1C. The minimum atomic E-state index is -3.64. The van der Waals surface area contributed by atoms with Gasteiger partial charge in [-0.15, -0.1) is 0 Å². The van der Waals surface area contributed by atoms with Gasteiger partial charge in [0.2, 0.25) is 10.0 Å². The molecular formula is C15H21NO4S. The molecule has 0 bridgehead atoms. The van der Waals surface area contributed by atoms with Crippen molar-refractivity contribution in [3.05, 3.63) is 28.3 Å². The van der Waals surface area contributed by atoms with Crippen LogP contribution >= 0.6 is 0 Å². The second kappa shape index (κ2) is 5.42. The van der Waals surface area contributed by atoms with Gasteiger partial charge in [-0.05, 0) is 56.4 Å². The van der Waals surface area contributed by atoms with Gasteiger partial charge in [0.25, 0.3) is 0 Å². The first kappa shape index (κ1) is 16.0. The number of carboxylic acid groups (broad SMARTS) is 1. The van der Waals surface area contributed by atoms with E-state index in [2.05, 4.69) is 0 Å². The quantitative estimate of drug-likeness (QED) is 0.926. The zero-order valence-corrected chi connectivity index (χ0v) is 13.6. The van der Waals surface area contributed by atoms with E-state index in [-0.39, 0.29) is 13.1 Å². The average Bonchev–Trinajstić information content (AvgIpc) is 2.87.